The molecule has 0 spiro atoms. The molecular weight excluding hydrogens is 115 g/mol. The van der Waals surface area contributed by atoms with E-state index in [0.717, 1.165) is 12.8 Å². The molecule has 0 heterocycles. The maximum absolute atomic E-state index is 12.1. The van der Waals surface area contributed by atoms with Crippen LogP contribution in [-0.2, 0) is 0 Å². The maximum atomic E-state index is 12.1. The van der Waals surface area contributed by atoms with Crippen molar-refractivity contribution in [2.24, 2.45) is 11.8 Å². The number of hydrogen-bond acceptors (Lipinski definition) is 0. The number of rotatable bonds is 4. The van der Waals surface area contributed by atoms with Crippen LogP contribution in [0.15, 0.2) is 0 Å². The maximum Gasteiger partial charge on any atom is 0.0925 e. The summed E-state index contributed by atoms with van der Waals surface area (Å²) in [6.07, 6.45) is 2.14. The van der Waals surface area contributed by atoms with Crippen LogP contribution in [0.3, 0.4) is 0 Å². The largest absolute Gasteiger partial charge is 0.251 e. The van der Waals surface area contributed by atoms with Crippen molar-refractivity contribution in [1.82, 2.24) is 0 Å². The summed E-state index contributed by atoms with van der Waals surface area (Å²) >= 11 is 0. The lowest BCUT2D eigenvalue weighted by Gasteiger charge is -2.14. The van der Waals surface area contributed by atoms with Crippen LogP contribution >= 0.6 is 0 Å². The van der Waals surface area contributed by atoms with Crippen LogP contribution < -0.4 is 0 Å². The molecule has 0 saturated carbocycles. The first-order valence-electron chi connectivity index (χ1n) is 3.78. The molecule has 0 saturated heterocycles. The SMILES string of the molecule is CCCC(CF)C(C)C. The van der Waals surface area contributed by atoms with E-state index in [4.69, 9.17) is 0 Å². The minimum absolute atomic E-state index is 0.147. The van der Waals surface area contributed by atoms with Gasteiger partial charge in [-0.05, 0) is 18.3 Å². The average molecular weight is 132 g/mol. The molecule has 0 nitrogen and oxygen atoms in total. The minimum Gasteiger partial charge on any atom is -0.251 e. The van der Waals surface area contributed by atoms with Gasteiger partial charge in [-0.15, -0.1) is 0 Å². The lowest BCUT2D eigenvalue weighted by Crippen LogP contribution is -2.09. The monoisotopic (exact) mass is 132 g/mol. The van der Waals surface area contributed by atoms with Crippen LogP contribution in [0.25, 0.3) is 0 Å². The summed E-state index contributed by atoms with van der Waals surface area (Å²) in [6, 6.07) is 0. The summed E-state index contributed by atoms with van der Waals surface area (Å²) in [5, 5.41) is 0. The first-order chi connectivity index (χ1) is 4.22. The third-order valence-electron chi connectivity index (χ3n) is 1.80. The van der Waals surface area contributed by atoms with Gasteiger partial charge in [0.1, 0.15) is 0 Å². The quantitative estimate of drug-likeness (QED) is 0.551. The minimum atomic E-state index is -0.147. The Hall–Kier alpha value is -0.0700. The Kier molecular flexibility index (Phi) is 4.74. The average Bonchev–Trinajstić information content (AvgIpc) is 1.82. The highest BCUT2D eigenvalue weighted by Crippen LogP contribution is 2.16. The lowest BCUT2D eigenvalue weighted by atomic mass is 9.93. The van der Waals surface area contributed by atoms with E-state index in [1.807, 2.05) is 0 Å². The van der Waals surface area contributed by atoms with E-state index >= 15 is 0 Å². The topological polar surface area (TPSA) is 0 Å². The molecule has 1 unspecified atom stereocenters. The molecule has 0 bridgehead atoms. The van der Waals surface area contributed by atoms with Crippen molar-refractivity contribution < 1.29 is 4.39 Å². The zero-order chi connectivity index (χ0) is 7.28. The second kappa shape index (κ2) is 4.78. The molecule has 0 fully saturated rings. The highest BCUT2D eigenvalue weighted by molar-refractivity contribution is 4.60. The van der Waals surface area contributed by atoms with Crippen LogP contribution in [0.4, 0.5) is 4.39 Å². The molecule has 0 rings (SSSR count). The molecule has 0 aromatic rings. The highest BCUT2D eigenvalue weighted by atomic mass is 19.1. The second-order valence-corrected chi connectivity index (χ2v) is 2.95. The van der Waals surface area contributed by atoms with Gasteiger partial charge in [-0.3, -0.25) is 4.39 Å². The Morgan fingerprint density at radius 1 is 1.33 bits per heavy atom. The Morgan fingerprint density at radius 3 is 2.00 bits per heavy atom. The van der Waals surface area contributed by atoms with E-state index in [0.29, 0.717) is 11.8 Å². The summed E-state index contributed by atoms with van der Waals surface area (Å²) in [6.45, 7) is 6.12. The van der Waals surface area contributed by atoms with Crippen molar-refractivity contribution in [3.63, 3.8) is 0 Å². The third kappa shape index (κ3) is 3.50. The van der Waals surface area contributed by atoms with Crippen molar-refractivity contribution >= 4 is 0 Å². The van der Waals surface area contributed by atoms with E-state index in [1.165, 1.54) is 0 Å². The smallest absolute Gasteiger partial charge is 0.0925 e. The van der Waals surface area contributed by atoms with Gasteiger partial charge in [-0.2, -0.15) is 0 Å². The Bertz CT molecular complexity index is 59.6. The van der Waals surface area contributed by atoms with Gasteiger partial charge in [-0.1, -0.05) is 27.2 Å². The van der Waals surface area contributed by atoms with E-state index in [-0.39, 0.29) is 6.67 Å². The normalized spacial score (nSPS) is 14.3. The van der Waals surface area contributed by atoms with Crippen molar-refractivity contribution in [2.75, 3.05) is 6.67 Å². The Morgan fingerprint density at radius 2 is 1.89 bits per heavy atom. The van der Waals surface area contributed by atoms with Crippen molar-refractivity contribution in [3.8, 4) is 0 Å². The number of alkyl halides is 1. The summed E-state index contributed by atoms with van der Waals surface area (Å²) in [5.74, 6) is 0.810. The highest BCUT2D eigenvalue weighted by Gasteiger charge is 2.10. The van der Waals surface area contributed by atoms with Crippen molar-refractivity contribution in [3.05, 3.63) is 0 Å². The molecule has 0 aromatic heterocycles. The zero-order valence-electron chi connectivity index (χ0n) is 6.65. The van der Waals surface area contributed by atoms with Gasteiger partial charge in [0.15, 0.2) is 0 Å². The second-order valence-electron chi connectivity index (χ2n) is 2.95. The van der Waals surface area contributed by atoms with Gasteiger partial charge in [0.2, 0.25) is 0 Å². The van der Waals surface area contributed by atoms with Gasteiger partial charge in [0, 0.05) is 0 Å². The van der Waals surface area contributed by atoms with Crippen molar-refractivity contribution in [1.29, 1.82) is 0 Å². The molecule has 0 amide bonds. The predicted octanol–water partition coefficient (Wildman–Crippen LogP) is 3.03. The third-order valence-corrected chi connectivity index (χ3v) is 1.80. The van der Waals surface area contributed by atoms with E-state index < -0.39 is 0 Å². The molecule has 56 valence electrons. The van der Waals surface area contributed by atoms with E-state index in [2.05, 4.69) is 20.8 Å². The number of hydrogen-bond donors (Lipinski definition) is 0. The summed E-state index contributed by atoms with van der Waals surface area (Å²) in [4.78, 5) is 0. The molecule has 0 aromatic carbocycles. The molecule has 0 radical (unpaired) electrons. The van der Waals surface area contributed by atoms with Crippen LogP contribution in [0, 0.1) is 11.8 Å². The summed E-state index contributed by atoms with van der Waals surface area (Å²) in [7, 11) is 0. The van der Waals surface area contributed by atoms with Crippen LogP contribution in [0.2, 0.25) is 0 Å². The summed E-state index contributed by atoms with van der Waals surface area (Å²) < 4.78 is 12.1. The van der Waals surface area contributed by atoms with E-state index in [1.54, 1.807) is 0 Å². The van der Waals surface area contributed by atoms with E-state index in [9.17, 15) is 4.39 Å². The fourth-order valence-electron chi connectivity index (χ4n) is 0.959. The summed E-state index contributed by atoms with van der Waals surface area (Å²) in [5.41, 5.74) is 0. The number of halogens is 1. The van der Waals surface area contributed by atoms with Gasteiger partial charge in [0.25, 0.3) is 0 Å². The van der Waals surface area contributed by atoms with Gasteiger partial charge < -0.3 is 0 Å². The molecule has 0 N–H and O–H groups in total. The molecule has 1 atom stereocenters. The van der Waals surface area contributed by atoms with Gasteiger partial charge >= 0.3 is 0 Å². The zero-order valence-corrected chi connectivity index (χ0v) is 6.65. The van der Waals surface area contributed by atoms with Gasteiger partial charge in [0.05, 0.1) is 6.67 Å². The van der Waals surface area contributed by atoms with Crippen molar-refractivity contribution in [2.45, 2.75) is 33.6 Å². The molecule has 9 heavy (non-hydrogen) atoms. The fourth-order valence-corrected chi connectivity index (χ4v) is 0.959. The first kappa shape index (κ1) is 8.93. The fraction of sp³-hybridized carbons (Fsp3) is 1.00. The van der Waals surface area contributed by atoms with Gasteiger partial charge in [-0.25, -0.2) is 0 Å². The molecule has 1 heteroatoms. The van der Waals surface area contributed by atoms with Crippen LogP contribution in [-0.4, -0.2) is 6.67 Å². The molecular formula is C8H17F. The van der Waals surface area contributed by atoms with Crippen LogP contribution in [0.1, 0.15) is 33.6 Å². The lowest BCUT2D eigenvalue weighted by molar-refractivity contribution is 0.271. The molecule has 0 aliphatic heterocycles. The first-order valence-corrected chi connectivity index (χ1v) is 3.78. The predicted molar refractivity (Wildman–Crippen MR) is 39.2 cm³/mol. The van der Waals surface area contributed by atoms with Crippen LogP contribution in [0.5, 0.6) is 0 Å². The Balaban J connectivity index is 3.41. The molecule has 0 aliphatic carbocycles. The Labute approximate surface area is 57.5 Å². The molecule has 0 aliphatic rings. The standard InChI is InChI=1S/C8H17F/c1-4-5-8(6-9)7(2)3/h7-8H,4-6H2,1-3H3.